The average molecular weight is 1880 g/mol. The Hall–Kier alpha value is -12.0. The molecule has 133 heavy (non-hydrogen) atoms. The number of benzene rings is 5. The van der Waals surface area contributed by atoms with Gasteiger partial charge in [0.05, 0.1) is 30.0 Å². The number of phenols is 1. The van der Waals surface area contributed by atoms with Gasteiger partial charge in [-0.15, -0.1) is 0 Å². The van der Waals surface area contributed by atoms with E-state index in [9.17, 15) is 53.4 Å². The summed E-state index contributed by atoms with van der Waals surface area (Å²) >= 11 is 0. The summed E-state index contributed by atoms with van der Waals surface area (Å²) in [6.45, 7) is 15.3. The quantitative estimate of drug-likeness (QED) is 0.0193. The van der Waals surface area contributed by atoms with Crippen LogP contribution in [0.25, 0.3) is 21.7 Å². The lowest BCUT2D eigenvalue weighted by atomic mass is 9.77. The van der Waals surface area contributed by atoms with Gasteiger partial charge in [0.15, 0.2) is 17.3 Å². The lowest BCUT2D eigenvalue weighted by Gasteiger charge is -2.39. The number of aliphatic hydroxyl groups excluding tert-OH is 1. The average Bonchev–Trinajstić information content (AvgIpc) is 1.79. The fourth-order valence-electron chi connectivity index (χ4n) is 15.8. The number of para-hydroxylation sites is 1. The first kappa shape index (κ1) is 108. The smallest absolute Gasteiger partial charge is 0.312 e. The summed E-state index contributed by atoms with van der Waals surface area (Å²) in [5, 5.41) is 53.1. The van der Waals surface area contributed by atoms with Crippen molar-refractivity contribution in [1.82, 2.24) is 63.5 Å². The molecule has 7 rings (SSSR count). The summed E-state index contributed by atoms with van der Waals surface area (Å²) in [6.07, 6.45) is -2.99. The standard InChI is InChI=1S/C94H132N18O19S2/c1-52-19-17-22-67-64(51-103-78(52)67)46-72-86(125)105-69(24-18-39-102-91(100)130)85(124)112-80(92(6,7)132-133-93(8,9)81(104-56(5)115)89(128)109-73(49-77(98)120)87(126)111-79(54(3)113)88(127)108-72)75(118)48-63(42-57-28-33-66(34-29-57)131-40-37-96)84(123)106-70(45-59-25-30-60-20-11-12-21-61(60)43-59)76(119)50-94(10,35-14-15-36-95)90(129)110-68(23-13-16-38-101-55(4)114)74(117)47-62(41-53(2)97)83(122)107-71(82(99)121)44-58-26-31-65(116)32-27-58/h11-12,17,19-22,25-34,43,51,53-54,62-63,68-73,79-81,103,113,116H,13-16,18,23-24,35-42,44-50,95-97H2,1-10H3,(H2,98,120)(H2,99,121)(H,101,114)(H,104,115)(H,105,125)(H,106,123)(H,107,122)(H,108,127)(H,109,128)(H,110,129)(H,111,126)(H,112,124)(H3,100,102,130)/t53?,54-,62-,63-,68+,69+,70+,71-,72+,73+,79+,80-,81-,94-/m1/s1. The third-order valence-corrected chi connectivity index (χ3v) is 27.5. The number of urea groups is 1. The van der Waals surface area contributed by atoms with Gasteiger partial charge in [0.2, 0.25) is 70.9 Å². The number of hydrogen-bond acceptors (Lipinski definition) is 24. The number of unbranched alkanes of at least 4 members (excludes halogenated alkanes) is 2. The molecule has 39 heteroatoms. The molecule has 6 aromatic rings. The SMILES string of the molecule is CC(=O)NCCCC[C@H](NC(=O)[C@](C)(CCCCN)CC(=O)[C@H](Cc1ccc2ccccc2c1)NC(=O)[C@@H](CC(=O)[C@H]1NC(=O)[C@H](CCCNC(N)=O)NC(=O)[C@H](Cc2c[nH]c3c(C)cccc23)NC(=O)[C@H]([C@@H](C)O)NC(=O)[C@H](CC(N)=O)NC(=O)[C@@H](NC(C)=O)C(C)(C)SSC1(C)C)Cc1ccc(OCCN)cc1)C(=O)C[C@@H](CC(C)N)C(=O)N[C@H](Cc1ccc(O)cc1)C(N)=O. The number of H-pyrrole nitrogens is 1. The van der Waals surface area contributed by atoms with E-state index in [4.69, 9.17) is 39.1 Å². The van der Waals surface area contributed by atoms with E-state index < -0.39 is 207 Å². The molecule has 0 aliphatic carbocycles. The van der Waals surface area contributed by atoms with Crippen LogP contribution in [0.4, 0.5) is 4.79 Å². The highest BCUT2D eigenvalue weighted by Crippen LogP contribution is 2.47. The highest BCUT2D eigenvalue weighted by atomic mass is 33.1. The van der Waals surface area contributed by atoms with Crippen LogP contribution in [0, 0.1) is 24.2 Å². The number of aromatic hydroxyl groups is 1. The monoisotopic (exact) mass is 1880 g/mol. The molecule has 1 saturated heterocycles. The molecule has 1 aliphatic rings. The summed E-state index contributed by atoms with van der Waals surface area (Å²) < 4.78 is 2.68. The van der Waals surface area contributed by atoms with Gasteiger partial charge in [0, 0.05) is 110 Å². The largest absolute Gasteiger partial charge is 0.508 e. The van der Waals surface area contributed by atoms with Crippen molar-refractivity contribution >= 4 is 138 Å². The Balaban J connectivity index is 1.36. The van der Waals surface area contributed by atoms with Gasteiger partial charge in [-0.2, -0.15) is 0 Å². The molecule has 1 fully saturated rings. The summed E-state index contributed by atoms with van der Waals surface area (Å²) in [4.78, 5) is 236. The van der Waals surface area contributed by atoms with Crippen molar-refractivity contribution in [1.29, 1.82) is 0 Å². The van der Waals surface area contributed by atoms with Crippen molar-refractivity contribution in [2.45, 2.75) is 254 Å². The van der Waals surface area contributed by atoms with Gasteiger partial charge in [0.25, 0.3) is 0 Å². The minimum absolute atomic E-state index is 0.00999. The number of primary amides is 3. The number of rotatable bonds is 46. The lowest BCUT2D eigenvalue weighted by Crippen LogP contribution is -2.63. The molecule has 37 nitrogen and oxygen atoms in total. The normalized spacial score (nSPS) is 19.4. The third-order valence-electron chi connectivity index (χ3n) is 23.2. The zero-order valence-electron chi connectivity index (χ0n) is 77.1. The number of Topliss-reactive ketones (excluding diaryl/α,β-unsaturated/α-hetero) is 3. The van der Waals surface area contributed by atoms with E-state index in [0.29, 0.717) is 51.7 Å². The molecule has 14 amide bonds. The maximum absolute atomic E-state index is 16.5. The maximum Gasteiger partial charge on any atom is 0.312 e. The van der Waals surface area contributed by atoms with E-state index in [1.54, 1.807) is 88.5 Å². The van der Waals surface area contributed by atoms with Gasteiger partial charge >= 0.3 is 6.03 Å². The summed E-state index contributed by atoms with van der Waals surface area (Å²) in [5.41, 5.74) is 37.0. The summed E-state index contributed by atoms with van der Waals surface area (Å²) in [5.74, 6) is -15.3. The maximum atomic E-state index is 16.5. The molecule has 2 heterocycles. The summed E-state index contributed by atoms with van der Waals surface area (Å²) in [7, 11) is 1.87. The van der Waals surface area contributed by atoms with Crippen LogP contribution >= 0.6 is 21.6 Å². The number of carbonyl (C=O) groups excluding carboxylic acids is 16. The number of amides is 14. The molecule has 0 spiro atoms. The first-order valence-electron chi connectivity index (χ1n) is 44.7. The van der Waals surface area contributed by atoms with Gasteiger partial charge in [-0.1, -0.05) is 120 Å². The van der Waals surface area contributed by atoms with Crippen LogP contribution < -0.4 is 97.6 Å². The van der Waals surface area contributed by atoms with Gasteiger partial charge < -0.3 is 113 Å². The topological polar surface area (TPSA) is 627 Å². The van der Waals surface area contributed by atoms with E-state index in [-0.39, 0.29) is 115 Å². The Labute approximate surface area is 782 Å². The zero-order chi connectivity index (χ0) is 98.2. The molecule has 0 saturated carbocycles. The Morgan fingerprint density at radius 1 is 0.594 bits per heavy atom. The number of carbonyl (C=O) groups is 16. The van der Waals surface area contributed by atoms with Crippen molar-refractivity contribution in [3.05, 3.63) is 143 Å². The number of hydrogen-bond donors (Lipinski definition) is 20. The molecule has 724 valence electrons. The number of phenolic OH excluding ortho intramolecular Hbond substituents is 1. The number of ether oxygens (including phenoxy) is 1. The second-order valence-corrected chi connectivity index (χ2v) is 39.1. The van der Waals surface area contributed by atoms with Gasteiger partial charge in [-0.25, -0.2) is 4.79 Å². The van der Waals surface area contributed by atoms with Crippen molar-refractivity contribution in [3.63, 3.8) is 0 Å². The minimum Gasteiger partial charge on any atom is -0.508 e. The molecule has 1 aliphatic heterocycles. The number of aromatic amines is 1. The van der Waals surface area contributed by atoms with E-state index in [1.807, 2.05) is 49.4 Å². The van der Waals surface area contributed by atoms with E-state index >= 15 is 33.6 Å². The molecule has 5 aromatic carbocycles. The van der Waals surface area contributed by atoms with E-state index in [0.717, 1.165) is 51.8 Å². The van der Waals surface area contributed by atoms with Crippen molar-refractivity contribution in [2.75, 3.05) is 32.8 Å². The van der Waals surface area contributed by atoms with Gasteiger partial charge in [-0.3, -0.25) is 71.9 Å². The number of nitrogens with one attached hydrogen (secondary N) is 12. The Morgan fingerprint density at radius 2 is 1.20 bits per heavy atom. The van der Waals surface area contributed by atoms with Crippen molar-refractivity contribution in [2.24, 2.45) is 51.7 Å². The fraction of sp³-hybridized carbons (Fsp3) is 0.511. The van der Waals surface area contributed by atoms with Crippen LogP contribution in [-0.2, 0) is 97.6 Å². The predicted molar refractivity (Wildman–Crippen MR) is 506 cm³/mol. The Bertz CT molecular complexity index is 5090. The Morgan fingerprint density at radius 3 is 1.84 bits per heavy atom. The number of ketones is 3. The molecule has 1 unspecified atom stereocenters. The minimum atomic E-state index is -1.93. The number of aryl methyl sites for hydroxylation is 1. The molecular formula is C94H132N18O19S2. The van der Waals surface area contributed by atoms with Crippen molar-refractivity contribution < 1.29 is 91.7 Å². The number of aromatic nitrogens is 1. The second kappa shape index (κ2) is 51.3. The Kier molecular flexibility index (Phi) is 41.6. The predicted octanol–water partition coefficient (Wildman–Crippen LogP) is 2.76. The van der Waals surface area contributed by atoms with Crippen LogP contribution in [0.5, 0.6) is 11.5 Å². The van der Waals surface area contributed by atoms with Crippen LogP contribution in [0.3, 0.4) is 0 Å². The first-order valence-corrected chi connectivity index (χ1v) is 46.8. The highest BCUT2D eigenvalue weighted by Gasteiger charge is 2.47. The highest BCUT2D eigenvalue weighted by molar-refractivity contribution is 8.77. The lowest BCUT2D eigenvalue weighted by molar-refractivity contribution is -0.139. The van der Waals surface area contributed by atoms with Crippen LogP contribution in [0.1, 0.15) is 174 Å². The first-order chi connectivity index (χ1) is 62.8. The zero-order valence-corrected chi connectivity index (χ0v) is 78.8. The number of fused-ring (bicyclic) bond motifs is 2. The summed E-state index contributed by atoms with van der Waals surface area (Å²) in [6, 6.07) is 14.4. The van der Waals surface area contributed by atoms with Crippen molar-refractivity contribution in [3.8, 4) is 11.5 Å². The number of nitrogens with two attached hydrogens (primary N) is 6. The molecule has 14 atom stereocenters. The van der Waals surface area contributed by atoms with Crippen LogP contribution in [-0.4, -0.2) is 218 Å². The van der Waals surface area contributed by atoms with Gasteiger partial charge in [-0.05, 0) is 182 Å². The van der Waals surface area contributed by atoms with Crippen LogP contribution in [0.2, 0.25) is 0 Å². The fourth-order valence-corrected chi connectivity index (χ4v) is 18.7. The molecule has 0 bridgehead atoms. The van der Waals surface area contributed by atoms with Gasteiger partial charge in [0.1, 0.15) is 60.4 Å². The van der Waals surface area contributed by atoms with E-state index in [2.05, 4.69) is 63.5 Å². The van der Waals surface area contributed by atoms with E-state index in [1.165, 1.54) is 32.9 Å². The molecule has 0 radical (unpaired) electrons. The molecule has 26 N–H and O–H groups in total. The molecular weight excluding hydrogens is 1750 g/mol. The number of aliphatic hydroxyl groups is 1. The van der Waals surface area contributed by atoms with Crippen LogP contribution in [0.15, 0.2) is 115 Å². The molecule has 1 aromatic heterocycles. The second-order valence-electron chi connectivity index (χ2n) is 35.6. The third kappa shape index (κ3) is 33.9.